The Kier molecular flexibility index (Phi) is 5.50. The van der Waals surface area contributed by atoms with Gasteiger partial charge in [-0.25, -0.2) is 4.79 Å². The third kappa shape index (κ3) is 3.90. The Bertz CT molecular complexity index is 1170. The Morgan fingerprint density at radius 2 is 1.70 bits per heavy atom. The quantitative estimate of drug-likeness (QED) is 0.654. The third-order valence-corrected chi connectivity index (χ3v) is 5.24. The molecule has 0 fully saturated rings. The molecule has 146 valence electrons. The van der Waals surface area contributed by atoms with Gasteiger partial charge in [-0.15, -0.1) is 0 Å². The second kappa shape index (κ2) is 8.55. The van der Waals surface area contributed by atoms with Crippen molar-refractivity contribution in [3.63, 3.8) is 0 Å². The zero-order valence-electron chi connectivity index (χ0n) is 16.6. The van der Waals surface area contributed by atoms with Gasteiger partial charge in [-0.3, -0.25) is 0 Å². The second-order valence-corrected chi connectivity index (χ2v) is 7.12. The number of alkyl carbamates (subject to hydrolysis) is 1. The van der Waals surface area contributed by atoms with E-state index in [1.54, 1.807) is 12.1 Å². The lowest BCUT2D eigenvalue weighted by molar-refractivity contribution is 0.144. The highest BCUT2D eigenvalue weighted by Crippen LogP contribution is 2.44. The summed E-state index contributed by atoms with van der Waals surface area (Å²) in [6, 6.07) is 24.0. The van der Waals surface area contributed by atoms with E-state index in [2.05, 4.69) is 47.5 Å². The van der Waals surface area contributed by atoms with Crippen LogP contribution in [0.25, 0.3) is 11.1 Å². The molecular weight excluding hydrogens is 372 g/mol. The number of carbonyl (C=O) groups excluding carboxylic acids is 1. The lowest BCUT2D eigenvalue weighted by atomic mass is 9.98. The van der Waals surface area contributed by atoms with E-state index >= 15 is 0 Å². The van der Waals surface area contributed by atoms with Gasteiger partial charge in [0.1, 0.15) is 6.61 Å². The topological polar surface area (TPSA) is 62.1 Å². The molecule has 0 unspecified atom stereocenters. The number of benzene rings is 3. The standard InChI is InChI=1S/C26H20N2O2/c1-18-15-19(12-13-20(18)16-27)7-6-14-28-26(29)30-17-25-23-10-4-2-8-21(23)22-9-3-5-11-24(22)25/h2-5,8-13,15,25H,14,17H2,1H3,(H,28,29). The summed E-state index contributed by atoms with van der Waals surface area (Å²) in [5.41, 5.74) is 7.09. The van der Waals surface area contributed by atoms with Crippen LogP contribution < -0.4 is 5.32 Å². The fourth-order valence-electron chi connectivity index (χ4n) is 3.78. The summed E-state index contributed by atoms with van der Waals surface area (Å²) >= 11 is 0. The number of aryl methyl sites for hydroxylation is 1. The Balaban J connectivity index is 1.34. The van der Waals surface area contributed by atoms with Gasteiger partial charge in [-0.2, -0.15) is 5.26 Å². The van der Waals surface area contributed by atoms with E-state index in [1.165, 1.54) is 22.3 Å². The monoisotopic (exact) mass is 392 g/mol. The van der Waals surface area contributed by atoms with Crippen molar-refractivity contribution < 1.29 is 9.53 Å². The van der Waals surface area contributed by atoms with Crippen molar-refractivity contribution in [1.29, 1.82) is 5.26 Å². The maximum absolute atomic E-state index is 12.1. The summed E-state index contributed by atoms with van der Waals surface area (Å²) in [4.78, 5) is 12.1. The zero-order valence-corrected chi connectivity index (χ0v) is 16.6. The highest BCUT2D eigenvalue weighted by atomic mass is 16.5. The summed E-state index contributed by atoms with van der Waals surface area (Å²) in [5, 5.41) is 11.6. The number of fused-ring (bicyclic) bond motifs is 3. The Hall–Kier alpha value is -4.02. The van der Waals surface area contributed by atoms with Gasteiger partial charge in [0.15, 0.2) is 0 Å². The number of nitriles is 1. The maximum atomic E-state index is 12.1. The van der Waals surface area contributed by atoms with Crippen molar-refractivity contribution in [2.75, 3.05) is 13.2 Å². The van der Waals surface area contributed by atoms with Gasteiger partial charge in [-0.05, 0) is 52.9 Å². The van der Waals surface area contributed by atoms with Gasteiger partial charge >= 0.3 is 6.09 Å². The molecule has 1 aliphatic rings. The summed E-state index contributed by atoms with van der Waals surface area (Å²) in [6.07, 6.45) is -0.484. The third-order valence-electron chi connectivity index (χ3n) is 5.24. The largest absolute Gasteiger partial charge is 0.449 e. The minimum Gasteiger partial charge on any atom is -0.449 e. The molecule has 0 atom stereocenters. The SMILES string of the molecule is Cc1cc(C#CCNC(=O)OCC2c3ccccc3-c3ccccc32)ccc1C#N. The molecule has 4 rings (SSSR count). The van der Waals surface area contributed by atoms with E-state index < -0.39 is 6.09 Å². The van der Waals surface area contributed by atoms with Crippen molar-refractivity contribution in [2.45, 2.75) is 12.8 Å². The molecule has 0 heterocycles. The first kappa shape index (κ1) is 19.3. The summed E-state index contributed by atoms with van der Waals surface area (Å²) in [7, 11) is 0. The number of rotatable bonds is 3. The minimum absolute atomic E-state index is 0.0378. The summed E-state index contributed by atoms with van der Waals surface area (Å²) < 4.78 is 5.49. The van der Waals surface area contributed by atoms with Crippen LogP contribution in [0.3, 0.4) is 0 Å². The van der Waals surface area contributed by atoms with Gasteiger partial charge in [0.2, 0.25) is 0 Å². The van der Waals surface area contributed by atoms with E-state index in [1.807, 2.05) is 37.3 Å². The van der Waals surface area contributed by atoms with Crippen LogP contribution in [0.1, 0.15) is 33.7 Å². The average Bonchev–Trinajstić information content (AvgIpc) is 3.09. The highest BCUT2D eigenvalue weighted by Gasteiger charge is 2.28. The van der Waals surface area contributed by atoms with Crippen molar-refractivity contribution in [1.82, 2.24) is 5.32 Å². The van der Waals surface area contributed by atoms with E-state index in [0.29, 0.717) is 5.56 Å². The molecule has 1 N–H and O–H groups in total. The van der Waals surface area contributed by atoms with E-state index in [0.717, 1.165) is 11.1 Å². The fraction of sp³-hybridized carbons (Fsp3) is 0.154. The van der Waals surface area contributed by atoms with Crippen LogP contribution in [-0.4, -0.2) is 19.2 Å². The van der Waals surface area contributed by atoms with Crippen LogP contribution in [0.2, 0.25) is 0 Å². The molecule has 0 radical (unpaired) electrons. The normalized spacial score (nSPS) is 11.5. The van der Waals surface area contributed by atoms with Crippen molar-refractivity contribution >= 4 is 6.09 Å². The first-order valence-electron chi connectivity index (χ1n) is 9.76. The van der Waals surface area contributed by atoms with Gasteiger partial charge in [0, 0.05) is 11.5 Å². The van der Waals surface area contributed by atoms with E-state index in [-0.39, 0.29) is 19.1 Å². The number of nitrogens with one attached hydrogen (secondary N) is 1. The average molecular weight is 392 g/mol. The lowest BCUT2D eigenvalue weighted by Gasteiger charge is -2.14. The van der Waals surface area contributed by atoms with Crippen LogP contribution in [0.15, 0.2) is 66.7 Å². The van der Waals surface area contributed by atoms with Crippen LogP contribution in [0, 0.1) is 30.1 Å². The molecular formula is C26H20N2O2. The molecule has 0 saturated heterocycles. The maximum Gasteiger partial charge on any atom is 0.407 e. The van der Waals surface area contributed by atoms with Gasteiger partial charge < -0.3 is 10.1 Å². The number of ether oxygens (including phenoxy) is 1. The molecule has 0 spiro atoms. The zero-order chi connectivity index (χ0) is 20.9. The number of nitrogens with zero attached hydrogens (tertiary/aromatic N) is 1. The summed E-state index contributed by atoms with van der Waals surface area (Å²) in [6.45, 7) is 2.34. The van der Waals surface area contributed by atoms with Gasteiger partial charge in [-0.1, -0.05) is 60.4 Å². The van der Waals surface area contributed by atoms with Crippen molar-refractivity contribution in [3.8, 4) is 29.0 Å². The molecule has 0 saturated carbocycles. The van der Waals surface area contributed by atoms with E-state index in [4.69, 9.17) is 10.00 Å². The molecule has 4 nitrogen and oxygen atoms in total. The van der Waals surface area contributed by atoms with Crippen LogP contribution in [0.4, 0.5) is 4.79 Å². The molecule has 30 heavy (non-hydrogen) atoms. The molecule has 1 aliphatic carbocycles. The predicted molar refractivity (Wildman–Crippen MR) is 116 cm³/mol. The highest BCUT2D eigenvalue weighted by molar-refractivity contribution is 5.79. The predicted octanol–water partition coefficient (Wildman–Crippen LogP) is 4.76. The molecule has 1 amide bonds. The second-order valence-electron chi connectivity index (χ2n) is 7.12. The van der Waals surface area contributed by atoms with Crippen molar-refractivity contribution in [2.24, 2.45) is 0 Å². The first-order valence-corrected chi connectivity index (χ1v) is 9.76. The van der Waals surface area contributed by atoms with Gasteiger partial charge in [0.25, 0.3) is 0 Å². The Morgan fingerprint density at radius 3 is 2.33 bits per heavy atom. The number of amides is 1. The number of hydrogen-bond donors (Lipinski definition) is 1. The first-order chi connectivity index (χ1) is 14.7. The van der Waals surface area contributed by atoms with E-state index in [9.17, 15) is 4.79 Å². The summed E-state index contributed by atoms with van der Waals surface area (Å²) in [5.74, 6) is 5.94. The molecule has 0 bridgehead atoms. The van der Waals surface area contributed by atoms with Crippen LogP contribution in [-0.2, 0) is 4.74 Å². The number of carbonyl (C=O) groups is 1. The minimum atomic E-state index is -0.484. The Morgan fingerprint density at radius 1 is 1.03 bits per heavy atom. The molecule has 3 aromatic rings. The smallest absolute Gasteiger partial charge is 0.407 e. The Labute approximate surface area is 176 Å². The fourth-order valence-corrected chi connectivity index (χ4v) is 3.78. The van der Waals surface area contributed by atoms with Gasteiger partial charge in [0.05, 0.1) is 18.2 Å². The lowest BCUT2D eigenvalue weighted by Crippen LogP contribution is -2.26. The number of hydrogen-bond acceptors (Lipinski definition) is 3. The molecule has 0 aromatic heterocycles. The van der Waals surface area contributed by atoms with Crippen LogP contribution >= 0.6 is 0 Å². The molecule has 0 aliphatic heterocycles. The molecule has 4 heteroatoms. The van der Waals surface area contributed by atoms with Crippen LogP contribution in [0.5, 0.6) is 0 Å². The van der Waals surface area contributed by atoms with Crippen molar-refractivity contribution in [3.05, 3.63) is 94.5 Å². The molecule has 3 aromatic carbocycles.